The summed E-state index contributed by atoms with van der Waals surface area (Å²) in [4.78, 5) is 12.2. The first-order chi connectivity index (χ1) is 11.3. The Labute approximate surface area is 152 Å². The summed E-state index contributed by atoms with van der Waals surface area (Å²) in [6, 6.07) is 10.00. The fraction of sp³-hybridized carbons (Fsp3) is 0.350. The van der Waals surface area contributed by atoms with E-state index in [0.29, 0.717) is 5.92 Å². The number of anilines is 1. The molecule has 128 valence electrons. The molecule has 0 spiro atoms. The van der Waals surface area contributed by atoms with Crippen LogP contribution in [0.15, 0.2) is 34.8 Å². The van der Waals surface area contributed by atoms with Gasteiger partial charge in [0.15, 0.2) is 6.61 Å². The second-order valence-corrected chi connectivity index (χ2v) is 7.30. The second-order valence-electron chi connectivity index (χ2n) is 6.45. The topological polar surface area (TPSA) is 38.3 Å². The molecule has 3 nitrogen and oxygen atoms in total. The van der Waals surface area contributed by atoms with Gasteiger partial charge in [-0.15, -0.1) is 0 Å². The number of halogens is 1. The molecule has 2 rings (SSSR count). The number of benzene rings is 2. The Morgan fingerprint density at radius 1 is 1.12 bits per heavy atom. The van der Waals surface area contributed by atoms with Crippen LogP contribution in [0.3, 0.4) is 0 Å². The molecule has 4 heteroatoms. The fourth-order valence-electron chi connectivity index (χ4n) is 2.53. The van der Waals surface area contributed by atoms with Crippen molar-refractivity contribution in [2.45, 2.75) is 40.5 Å². The van der Waals surface area contributed by atoms with E-state index in [2.05, 4.69) is 41.2 Å². The molecule has 0 bridgehead atoms. The molecule has 0 atom stereocenters. The second kappa shape index (κ2) is 7.84. The van der Waals surface area contributed by atoms with E-state index in [-0.39, 0.29) is 12.5 Å². The highest BCUT2D eigenvalue weighted by molar-refractivity contribution is 9.10. The van der Waals surface area contributed by atoms with Crippen molar-refractivity contribution < 1.29 is 9.53 Å². The number of hydrogen-bond acceptors (Lipinski definition) is 2. The Hall–Kier alpha value is -1.81. The molecule has 0 fully saturated rings. The molecule has 2 aromatic carbocycles. The van der Waals surface area contributed by atoms with Crippen molar-refractivity contribution in [2.24, 2.45) is 0 Å². The molecule has 0 aromatic heterocycles. The fourth-order valence-corrected chi connectivity index (χ4v) is 2.89. The van der Waals surface area contributed by atoms with Crippen molar-refractivity contribution in [2.75, 3.05) is 11.9 Å². The van der Waals surface area contributed by atoms with Gasteiger partial charge in [-0.1, -0.05) is 47.5 Å². The average Bonchev–Trinajstić information content (AvgIpc) is 2.50. The highest BCUT2D eigenvalue weighted by Crippen LogP contribution is 2.32. The lowest BCUT2D eigenvalue weighted by atomic mass is 10.0. The Bertz CT molecular complexity index is 754. The van der Waals surface area contributed by atoms with Gasteiger partial charge < -0.3 is 10.1 Å². The number of rotatable bonds is 5. The maximum Gasteiger partial charge on any atom is 0.262 e. The van der Waals surface area contributed by atoms with Gasteiger partial charge in [-0.2, -0.15) is 0 Å². The van der Waals surface area contributed by atoms with Crippen molar-refractivity contribution in [1.82, 2.24) is 0 Å². The molecule has 0 aliphatic carbocycles. The lowest BCUT2D eigenvalue weighted by molar-refractivity contribution is -0.118. The van der Waals surface area contributed by atoms with Crippen molar-refractivity contribution in [3.8, 4) is 5.75 Å². The quantitative estimate of drug-likeness (QED) is 0.731. The minimum Gasteiger partial charge on any atom is -0.483 e. The molecule has 0 saturated carbocycles. The number of aryl methyl sites for hydroxylation is 3. The minimum absolute atomic E-state index is 0.00584. The van der Waals surface area contributed by atoms with Gasteiger partial charge in [0.25, 0.3) is 5.91 Å². The van der Waals surface area contributed by atoms with E-state index in [4.69, 9.17) is 4.74 Å². The van der Waals surface area contributed by atoms with E-state index in [1.807, 2.05) is 45.0 Å². The average molecular weight is 390 g/mol. The van der Waals surface area contributed by atoms with Crippen LogP contribution in [-0.2, 0) is 4.79 Å². The number of carbonyl (C=O) groups excluding carboxylic acids is 1. The van der Waals surface area contributed by atoms with E-state index >= 15 is 0 Å². The van der Waals surface area contributed by atoms with Crippen LogP contribution < -0.4 is 10.1 Å². The van der Waals surface area contributed by atoms with Crippen molar-refractivity contribution >= 4 is 27.5 Å². The third-order valence-corrected chi connectivity index (χ3v) is 4.78. The monoisotopic (exact) mass is 389 g/mol. The normalized spacial score (nSPS) is 10.8. The Balaban J connectivity index is 2.07. The van der Waals surface area contributed by atoms with Gasteiger partial charge in [-0.3, -0.25) is 4.79 Å². The largest absolute Gasteiger partial charge is 0.483 e. The van der Waals surface area contributed by atoms with Gasteiger partial charge in [0, 0.05) is 10.2 Å². The third-order valence-electron chi connectivity index (χ3n) is 3.93. The summed E-state index contributed by atoms with van der Waals surface area (Å²) >= 11 is 3.55. The molecular weight excluding hydrogens is 366 g/mol. The SMILES string of the molecule is Cc1ccc(NC(=O)COc2cc(C)c(Br)cc2C(C)C)c(C)c1. The lowest BCUT2D eigenvalue weighted by Crippen LogP contribution is -2.21. The summed E-state index contributed by atoms with van der Waals surface area (Å²) in [5, 5.41) is 2.91. The predicted octanol–water partition coefficient (Wildman–Crippen LogP) is 5.52. The Morgan fingerprint density at radius 3 is 2.46 bits per heavy atom. The van der Waals surface area contributed by atoms with Crippen LogP contribution in [0.4, 0.5) is 5.69 Å². The van der Waals surface area contributed by atoms with Gasteiger partial charge in [-0.25, -0.2) is 0 Å². The van der Waals surface area contributed by atoms with Crippen LogP contribution in [0.1, 0.15) is 42.0 Å². The van der Waals surface area contributed by atoms with Gasteiger partial charge >= 0.3 is 0 Å². The van der Waals surface area contributed by atoms with Gasteiger partial charge in [-0.05, 0) is 61.6 Å². The van der Waals surface area contributed by atoms with Crippen LogP contribution in [0.25, 0.3) is 0 Å². The summed E-state index contributed by atoms with van der Waals surface area (Å²) < 4.78 is 6.85. The van der Waals surface area contributed by atoms with E-state index in [0.717, 1.165) is 32.6 Å². The van der Waals surface area contributed by atoms with E-state index < -0.39 is 0 Å². The van der Waals surface area contributed by atoms with E-state index in [1.54, 1.807) is 0 Å². The molecule has 1 amide bonds. The van der Waals surface area contributed by atoms with Crippen molar-refractivity contribution in [1.29, 1.82) is 0 Å². The zero-order valence-electron chi connectivity index (χ0n) is 14.9. The molecule has 0 unspecified atom stereocenters. The molecule has 24 heavy (non-hydrogen) atoms. The molecule has 0 aliphatic rings. The zero-order valence-corrected chi connectivity index (χ0v) is 16.5. The summed E-state index contributed by atoms with van der Waals surface area (Å²) in [6.07, 6.45) is 0. The molecule has 0 saturated heterocycles. The minimum atomic E-state index is -0.155. The van der Waals surface area contributed by atoms with Crippen LogP contribution >= 0.6 is 15.9 Å². The summed E-state index contributed by atoms with van der Waals surface area (Å²) in [5.74, 6) is 0.929. The Morgan fingerprint density at radius 2 is 1.83 bits per heavy atom. The van der Waals surface area contributed by atoms with E-state index in [1.165, 1.54) is 5.56 Å². The lowest BCUT2D eigenvalue weighted by Gasteiger charge is -2.16. The molecule has 0 radical (unpaired) electrons. The Kier molecular flexibility index (Phi) is 6.05. The number of ether oxygens (including phenoxy) is 1. The summed E-state index contributed by atoms with van der Waals surface area (Å²) in [6.45, 7) is 10.2. The first-order valence-corrected chi connectivity index (χ1v) is 8.87. The first kappa shape index (κ1) is 18.5. The maximum atomic E-state index is 12.2. The van der Waals surface area contributed by atoms with Crippen LogP contribution in [-0.4, -0.2) is 12.5 Å². The molecule has 0 aliphatic heterocycles. The molecule has 0 heterocycles. The predicted molar refractivity (Wildman–Crippen MR) is 103 cm³/mol. The van der Waals surface area contributed by atoms with Gasteiger partial charge in [0.2, 0.25) is 0 Å². The van der Waals surface area contributed by atoms with Crippen LogP contribution in [0.2, 0.25) is 0 Å². The molecule has 2 aromatic rings. The zero-order chi connectivity index (χ0) is 17.9. The third kappa shape index (κ3) is 4.60. The summed E-state index contributed by atoms with van der Waals surface area (Å²) in [5.41, 5.74) is 5.22. The summed E-state index contributed by atoms with van der Waals surface area (Å²) in [7, 11) is 0. The highest BCUT2D eigenvalue weighted by Gasteiger charge is 2.13. The number of hydrogen-bond donors (Lipinski definition) is 1. The smallest absolute Gasteiger partial charge is 0.262 e. The molecule has 1 N–H and O–H groups in total. The maximum absolute atomic E-state index is 12.2. The number of amides is 1. The highest BCUT2D eigenvalue weighted by atomic mass is 79.9. The standard InChI is InChI=1S/C20H24BrNO2/c1-12(2)16-10-17(21)14(4)9-19(16)24-11-20(23)22-18-7-6-13(3)8-15(18)5/h6-10,12H,11H2,1-5H3,(H,22,23). The van der Waals surface area contributed by atoms with Crippen molar-refractivity contribution in [3.05, 3.63) is 57.1 Å². The van der Waals surface area contributed by atoms with E-state index in [9.17, 15) is 4.79 Å². The van der Waals surface area contributed by atoms with Gasteiger partial charge in [0.05, 0.1) is 0 Å². The number of nitrogens with one attached hydrogen (secondary N) is 1. The van der Waals surface area contributed by atoms with Gasteiger partial charge in [0.1, 0.15) is 5.75 Å². The van der Waals surface area contributed by atoms with Crippen LogP contribution in [0.5, 0.6) is 5.75 Å². The first-order valence-electron chi connectivity index (χ1n) is 8.08. The number of carbonyl (C=O) groups is 1. The van der Waals surface area contributed by atoms with Crippen LogP contribution in [0, 0.1) is 20.8 Å². The van der Waals surface area contributed by atoms with Crippen molar-refractivity contribution in [3.63, 3.8) is 0 Å². The molecular formula is C20H24BrNO2.